The van der Waals surface area contributed by atoms with Crippen molar-refractivity contribution in [2.24, 2.45) is 0 Å². The third-order valence-electron chi connectivity index (χ3n) is 2.74. The fourth-order valence-corrected chi connectivity index (χ4v) is 3.15. The molecule has 0 aliphatic carbocycles. The van der Waals surface area contributed by atoms with E-state index >= 15 is 0 Å². The molecule has 17 heavy (non-hydrogen) atoms. The molecule has 3 heteroatoms. The van der Waals surface area contributed by atoms with E-state index in [0.29, 0.717) is 0 Å². The molecule has 0 bridgehead atoms. The Kier molecular flexibility index (Phi) is 16.4. The molecule has 1 heterocycles. The smallest absolute Gasteiger partial charge is 0.133 e. The van der Waals surface area contributed by atoms with Crippen LogP contribution in [-0.2, 0) is 0 Å². The van der Waals surface area contributed by atoms with Gasteiger partial charge in [0, 0.05) is 5.75 Å². The quantitative estimate of drug-likeness (QED) is 0.433. The molecule has 0 aromatic rings. The van der Waals surface area contributed by atoms with E-state index in [-0.39, 0.29) is 0 Å². The van der Waals surface area contributed by atoms with E-state index < -0.39 is 0 Å². The zero-order valence-corrected chi connectivity index (χ0v) is 12.9. The average Bonchev–Trinajstić information content (AvgIpc) is 2.92. The monoisotopic (exact) mass is 273 g/mol. The van der Waals surface area contributed by atoms with Gasteiger partial charge >= 0.3 is 0 Å². The molecule has 0 aromatic heterocycles. The van der Waals surface area contributed by atoms with Crippen LogP contribution in [0.1, 0.15) is 64.7 Å². The van der Waals surface area contributed by atoms with E-state index in [2.05, 4.69) is 24.1 Å². The van der Waals surface area contributed by atoms with Crippen LogP contribution in [0.2, 0.25) is 0 Å². The Hall–Kier alpha value is 0.190. The van der Waals surface area contributed by atoms with Gasteiger partial charge in [-0.15, -0.1) is 0 Å². The molecule has 1 saturated heterocycles. The summed E-state index contributed by atoms with van der Waals surface area (Å²) in [4.78, 5) is 0. The first-order valence-corrected chi connectivity index (χ1v) is 9.14. The van der Waals surface area contributed by atoms with Crippen molar-refractivity contribution in [1.29, 1.82) is 5.26 Å². The summed E-state index contributed by atoms with van der Waals surface area (Å²) >= 11 is 3.46. The van der Waals surface area contributed by atoms with Gasteiger partial charge in [-0.2, -0.15) is 17.0 Å². The molecule has 0 spiro atoms. The van der Waals surface area contributed by atoms with Crippen LogP contribution in [0.3, 0.4) is 0 Å². The zero-order valence-electron chi connectivity index (χ0n) is 11.2. The van der Waals surface area contributed by atoms with Gasteiger partial charge in [-0.3, -0.25) is 0 Å². The molecule has 0 amide bonds. The highest BCUT2D eigenvalue weighted by molar-refractivity contribution is 8.03. The molecule has 1 nitrogen and oxygen atoms in total. The maximum absolute atomic E-state index is 8.25. The lowest BCUT2D eigenvalue weighted by Gasteiger charge is -1.98. The molecule has 0 N–H and O–H groups in total. The molecule has 100 valence electrons. The number of nitrogens with zero attached hydrogens (tertiary/aromatic N) is 1. The maximum Gasteiger partial charge on any atom is 0.133 e. The van der Waals surface area contributed by atoms with E-state index in [1.54, 1.807) is 0 Å². The second-order valence-electron chi connectivity index (χ2n) is 4.38. The van der Waals surface area contributed by atoms with Crippen molar-refractivity contribution in [3.8, 4) is 5.40 Å². The molecule has 0 aromatic carbocycles. The van der Waals surface area contributed by atoms with Gasteiger partial charge < -0.3 is 0 Å². The number of hydrogen-bond acceptors (Lipinski definition) is 3. The Morgan fingerprint density at radius 2 is 1.59 bits per heavy atom. The number of hydrogen-bond donors (Lipinski definition) is 0. The highest BCUT2D eigenvalue weighted by atomic mass is 32.2. The van der Waals surface area contributed by atoms with Gasteiger partial charge in [0.25, 0.3) is 0 Å². The van der Waals surface area contributed by atoms with Crippen LogP contribution < -0.4 is 0 Å². The lowest BCUT2D eigenvalue weighted by atomic mass is 10.1. The number of thioether (sulfide) groups is 2. The van der Waals surface area contributed by atoms with Crippen LogP contribution in [0, 0.1) is 10.7 Å². The van der Waals surface area contributed by atoms with Gasteiger partial charge in [0.1, 0.15) is 5.40 Å². The SMILES string of the molecule is C1CCSC1.CCCCCCCCCSC#N. The Morgan fingerprint density at radius 1 is 1.00 bits per heavy atom. The third kappa shape index (κ3) is 16.2. The summed E-state index contributed by atoms with van der Waals surface area (Å²) in [5.74, 6) is 3.85. The number of thiocyanates is 1. The molecule has 0 saturated carbocycles. The normalized spacial score (nSPS) is 13.9. The standard InChI is InChI=1S/C10H19NS.C4H8S/c1-2-3-4-5-6-7-8-9-12-10-11;1-2-4-5-3-1/h2-9H2,1H3;1-4H2. The predicted octanol–water partition coefficient (Wildman–Crippen LogP) is 5.46. The predicted molar refractivity (Wildman–Crippen MR) is 82.6 cm³/mol. The van der Waals surface area contributed by atoms with E-state index in [0.717, 1.165) is 5.75 Å². The first-order chi connectivity index (χ1) is 8.41. The second-order valence-corrected chi connectivity index (χ2v) is 6.48. The van der Waals surface area contributed by atoms with Crippen LogP contribution in [-0.4, -0.2) is 17.3 Å². The minimum absolute atomic E-state index is 1.02. The van der Waals surface area contributed by atoms with Crippen LogP contribution >= 0.6 is 23.5 Å². The molecule has 1 aliphatic heterocycles. The summed E-state index contributed by atoms with van der Waals surface area (Å²) in [7, 11) is 0. The second kappa shape index (κ2) is 16.2. The largest absolute Gasteiger partial charge is 0.185 e. The number of unbranched alkanes of at least 4 members (excludes halogenated alkanes) is 6. The van der Waals surface area contributed by atoms with Crippen molar-refractivity contribution in [3.63, 3.8) is 0 Å². The summed E-state index contributed by atoms with van der Waals surface area (Å²) in [5, 5.41) is 10.3. The van der Waals surface area contributed by atoms with E-state index in [4.69, 9.17) is 5.26 Å². The van der Waals surface area contributed by atoms with Crippen molar-refractivity contribution < 1.29 is 0 Å². The van der Waals surface area contributed by atoms with Crippen molar-refractivity contribution in [2.75, 3.05) is 17.3 Å². The topological polar surface area (TPSA) is 23.8 Å². The summed E-state index contributed by atoms with van der Waals surface area (Å²) in [6, 6.07) is 0. The Bertz CT molecular complexity index is 166. The first-order valence-electron chi connectivity index (χ1n) is 7.00. The maximum atomic E-state index is 8.25. The minimum Gasteiger partial charge on any atom is -0.185 e. The van der Waals surface area contributed by atoms with E-state index in [9.17, 15) is 0 Å². The Balaban J connectivity index is 0.000000419. The lowest BCUT2D eigenvalue weighted by Crippen LogP contribution is -1.81. The number of rotatable bonds is 8. The molecule has 0 unspecified atom stereocenters. The van der Waals surface area contributed by atoms with Gasteiger partial charge in [0.2, 0.25) is 0 Å². The van der Waals surface area contributed by atoms with Crippen molar-refractivity contribution in [1.82, 2.24) is 0 Å². The van der Waals surface area contributed by atoms with Crippen LogP contribution in [0.5, 0.6) is 0 Å². The summed E-state index contributed by atoms with van der Waals surface area (Å²) in [6.07, 6.45) is 12.3. The Labute approximate surface area is 116 Å². The molecule has 1 rings (SSSR count). The summed E-state index contributed by atoms with van der Waals surface area (Å²) in [6.45, 7) is 2.24. The number of nitriles is 1. The molecule has 1 aliphatic rings. The van der Waals surface area contributed by atoms with E-state index in [1.165, 1.54) is 81.1 Å². The van der Waals surface area contributed by atoms with Gasteiger partial charge in [0.05, 0.1) is 0 Å². The highest BCUT2D eigenvalue weighted by Crippen LogP contribution is 2.14. The van der Waals surface area contributed by atoms with E-state index in [1.807, 2.05) is 0 Å². The highest BCUT2D eigenvalue weighted by Gasteiger charge is 1.95. The molecule has 0 atom stereocenters. The summed E-state index contributed by atoms with van der Waals surface area (Å²) < 4.78 is 0. The van der Waals surface area contributed by atoms with Crippen molar-refractivity contribution >= 4 is 23.5 Å². The fourth-order valence-electron chi connectivity index (χ4n) is 1.69. The van der Waals surface area contributed by atoms with Crippen molar-refractivity contribution in [2.45, 2.75) is 64.7 Å². The third-order valence-corrected chi connectivity index (χ3v) is 4.52. The van der Waals surface area contributed by atoms with Gasteiger partial charge in [-0.1, -0.05) is 45.4 Å². The van der Waals surface area contributed by atoms with Crippen LogP contribution in [0.25, 0.3) is 0 Å². The molecule has 1 fully saturated rings. The summed E-state index contributed by atoms with van der Waals surface area (Å²) in [5.41, 5.74) is 0. The Morgan fingerprint density at radius 3 is 2.06 bits per heavy atom. The fraction of sp³-hybridized carbons (Fsp3) is 0.929. The minimum atomic E-state index is 1.02. The van der Waals surface area contributed by atoms with Crippen LogP contribution in [0.15, 0.2) is 0 Å². The molecular formula is C14H27NS2. The van der Waals surface area contributed by atoms with Gasteiger partial charge in [-0.05, 0) is 42.5 Å². The molecule has 0 radical (unpaired) electrons. The van der Waals surface area contributed by atoms with Gasteiger partial charge in [0.15, 0.2) is 0 Å². The first kappa shape index (κ1) is 17.2. The lowest BCUT2D eigenvalue weighted by molar-refractivity contribution is 0.604. The van der Waals surface area contributed by atoms with Crippen LogP contribution in [0.4, 0.5) is 0 Å². The zero-order chi connectivity index (χ0) is 12.6. The average molecular weight is 274 g/mol. The molecular weight excluding hydrogens is 246 g/mol. The van der Waals surface area contributed by atoms with Crippen molar-refractivity contribution in [3.05, 3.63) is 0 Å². The van der Waals surface area contributed by atoms with Gasteiger partial charge in [-0.25, -0.2) is 0 Å².